The topological polar surface area (TPSA) is 55.3 Å². The van der Waals surface area contributed by atoms with Gasteiger partial charge in [-0.3, -0.25) is 4.79 Å². The van der Waals surface area contributed by atoms with Crippen molar-refractivity contribution in [2.24, 2.45) is 0 Å². The number of fused-ring (bicyclic) bond motifs is 1. The molecule has 5 nitrogen and oxygen atoms in total. The van der Waals surface area contributed by atoms with Gasteiger partial charge in [0, 0.05) is 37.2 Å². The van der Waals surface area contributed by atoms with Crippen LogP contribution >= 0.6 is 0 Å². The van der Waals surface area contributed by atoms with Gasteiger partial charge in [-0.05, 0) is 43.9 Å². The lowest BCUT2D eigenvalue weighted by Crippen LogP contribution is -2.46. The Kier molecular flexibility index (Phi) is 5.18. The van der Waals surface area contributed by atoms with Gasteiger partial charge in [-0.1, -0.05) is 48.0 Å². The molecule has 0 aliphatic carbocycles. The molecule has 0 spiro atoms. The molecule has 2 aliphatic rings. The molecule has 31 heavy (non-hydrogen) atoms. The fourth-order valence-corrected chi connectivity index (χ4v) is 4.76. The van der Waals surface area contributed by atoms with Crippen molar-refractivity contribution in [2.45, 2.75) is 45.1 Å². The summed E-state index contributed by atoms with van der Waals surface area (Å²) in [4.78, 5) is 24.6. The van der Waals surface area contributed by atoms with Crippen LogP contribution in [0.2, 0.25) is 0 Å². The van der Waals surface area contributed by atoms with Gasteiger partial charge in [0.1, 0.15) is 11.6 Å². The van der Waals surface area contributed by atoms with E-state index in [0.29, 0.717) is 13.0 Å². The summed E-state index contributed by atoms with van der Waals surface area (Å²) in [5.74, 6) is 1.88. The predicted molar refractivity (Wildman–Crippen MR) is 120 cm³/mol. The number of aromatic nitrogens is 2. The first-order valence-corrected chi connectivity index (χ1v) is 11.0. The number of para-hydroxylation sites is 1. The number of nitrogens with zero attached hydrogens (tertiary/aromatic N) is 3. The van der Waals surface area contributed by atoms with Gasteiger partial charge in [-0.2, -0.15) is 0 Å². The quantitative estimate of drug-likeness (QED) is 0.636. The summed E-state index contributed by atoms with van der Waals surface area (Å²) in [6.07, 6.45) is 4.15. The molecule has 0 unspecified atom stereocenters. The normalized spacial score (nSPS) is 20.3. The molecule has 3 heterocycles. The van der Waals surface area contributed by atoms with Crippen molar-refractivity contribution in [2.75, 3.05) is 13.1 Å². The Morgan fingerprint density at radius 3 is 2.84 bits per heavy atom. The number of hydrogen-bond acceptors (Lipinski definition) is 4. The Bertz CT molecular complexity index is 1100. The number of hydrogen-bond donors (Lipinski definition) is 0. The van der Waals surface area contributed by atoms with Crippen LogP contribution in [0.4, 0.5) is 0 Å². The van der Waals surface area contributed by atoms with E-state index in [0.717, 1.165) is 53.3 Å². The first-order valence-electron chi connectivity index (χ1n) is 11.0. The number of likely N-dealkylation sites (tertiary alicyclic amines) is 1. The van der Waals surface area contributed by atoms with E-state index in [-0.39, 0.29) is 11.8 Å². The second-order valence-corrected chi connectivity index (χ2v) is 8.63. The van der Waals surface area contributed by atoms with E-state index in [1.165, 1.54) is 5.56 Å². The molecule has 0 saturated carbocycles. The number of piperidine rings is 1. The van der Waals surface area contributed by atoms with Crippen LogP contribution in [0.15, 0.2) is 54.7 Å². The molecule has 0 bridgehead atoms. The van der Waals surface area contributed by atoms with E-state index in [1.807, 2.05) is 42.3 Å². The van der Waals surface area contributed by atoms with Crippen molar-refractivity contribution in [3.8, 4) is 16.9 Å². The number of rotatable bonds is 3. The first-order chi connectivity index (χ1) is 15.1. The summed E-state index contributed by atoms with van der Waals surface area (Å²) < 4.78 is 5.97. The molecule has 1 amide bonds. The van der Waals surface area contributed by atoms with Gasteiger partial charge in [0.05, 0.1) is 5.69 Å². The summed E-state index contributed by atoms with van der Waals surface area (Å²) in [6.45, 7) is 5.47. The number of benzene rings is 2. The van der Waals surface area contributed by atoms with Crippen LogP contribution < -0.4 is 4.74 Å². The van der Waals surface area contributed by atoms with Crippen LogP contribution in [0.3, 0.4) is 0 Å². The predicted octanol–water partition coefficient (Wildman–Crippen LogP) is 4.47. The first kappa shape index (κ1) is 19.7. The average Bonchev–Trinajstić information content (AvgIpc) is 3.23. The van der Waals surface area contributed by atoms with Crippen LogP contribution in [0, 0.1) is 13.8 Å². The third-order valence-electron chi connectivity index (χ3n) is 6.31. The third-order valence-corrected chi connectivity index (χ3v) is 6.31. The minimum absolute atomic E-state index is 0.0868. The largest absolute Gasteiger partial charge is 0.480 e. The van der Waals surface area contributed by atoms with Crippen molar-refractivity contribution in [1.29, 1.82) is 0 Å². The highest BCUT2D eigenvalue weighted by atomic mass is 16.5. The lowest BCUT2D eigenvalue weighted by Gasteiger charge is -2.34. The van der Waals surface area contributed by atoms with Gasteiger partial charge >= 0.3 is 0 Å². The molecule has 3 aromatic rings. The molecule has 0 radical (unpaired) electrons. The van der Waals surface area contributed by atoms with Crippen molar-refractivity contribution < 1.29 is 9.53 Å². The van der Waals surface area contributed by atoms with Crippen molar-refractivity contribution in [3.05, 3.63) is 77.4 Å². The van der Waals surface area contributed by atoms with E-state index in [4.69, 9.17) is 9.72 Å². The summed E-state index contributed by atoms with van der Waals surface area (Å²) >= 11 is 0. The molecular formula is C26H27N3O2. The minimum Gasteiger partial charge on any atom is -0.480 e. The van der Waals surface area contributed by atoms with Gasteiger partial charge < -0.3 is 9.64 Å². The Morgan fingerprint density at radius 2 is 2.00 bits per heavy atom. The lowest BCUT2D eigenvalue weighted by molar-refractivity contribution is -0.139. The monoisotopic (exact) mass is 413 g/mol. The smallest absolute Gasteiger partial charge is 0.264 e. The molecule has 5 rings (SSSR count). The molecular weight excluding hydrogens is 386 g/mol. The number of ether oxygens (including phenoxy) is 1. The maximum absolute atomic E-state index is 13.3. The Hall–Kier alpha value is -3.21. The molecule has 158 valence electrons. The maximum atomic E-state index is 13.3. The van der Waals surface area contributed by atoms with Gasteiger partial charge in [-0.15, -0.1) is 0 Å². The highest BCUT2D eigenvalue weighted by molar-refractivity contribution is 5.83. The molecule has 2 atom stereocenters. The second-order valence-electron chi connectivity index (χ2n) is 8.63. The van der Waals surface area contributed by atoms with Crippen LogP contribution in [-0.2, 0) is 11.2 Å². The highest BCUT2D eigenvalue weighted by Crippen LogP contribution is 2.35. The summed E-state index contributed by atoms with van der Waals surface area (Å²) in [5.41, 5.74) is 5.57. The summed E-state index contributed by atoms with van der Waals surface area (Å²) in [7, 11) is 0. The Morgan fingerprint density at radius 1 is 1.13 bits per heavy atom. The zero-order valence-electron chi connectivity index (χ0n) is 18.0. The van der Waals surface area contributed by atoms with Crippen LogP contribution in [0.1, 0.15) is 41.4 Å². The van der Waals surface area contributed by atoms with Gasteiger partial charge in [0.15, 0.2) is 6.10 Å². The van der Waals surface area contributed by atoms with Gasteiger partial charge in [0.25, 0.3) is 5.91 Å². The van der Waals surface area contributed by atoms with Crippen molar-refractivity contribution >= 4 is 5.91 Å². The number of carbonyl (C=O) groups is 1. The Labute approximate surface area is 183 Å². The third kappa shape index (κ3) is 3.92. The number of aryl methyl sites for hydroxylation is 2. The van der Waals surface area contributed by atoms with Crippen molar-refractivity contribution in [3.63, 3.8) is 0 Å². The van der Waals surface area contributed by atoms with E-state index in [2.05, 4.69) is 36.2 Å². The van der Waals surface area contributed by atoms with Gasteiger partial charge in [-0.25, -0.2) is 9.97 Å². The fourth-order valence-electron chi connectivity index (χ4n) is 4.76. The Balaban J connectivity index is 1.39. The zero-order chi connectivity index (χ0) is 21.4. The molecule has 2 aromatic carbocycles. The van der Waals surface area contributed by atoms with E-state index < -0.39 is 6.10 Å². The highest BCUT2D eigenvalue weighted by Gasteiger charge is 2.35. The van der Waals surface area contributed by atoms with Crippen LogP contribution in [0.25, 0.3) is 11.1 Å². The maximum Gasteiger partial charge on any atom is 0.264 e. The minimum atomic E-state index is -0.417. The molecule has 2 aliphatic heterocycles. The van der Waals surface area contributed by atoms with Gasteiger partial charge in [0.2, 0.25) is 0 Å². The SMILES string of the molecule is Cc1cccc(-c2cnc(C)nc2[C@H]2CCCN(C(=O)[C@H]3Cc4ccccc4O3)C2)c1. The molecule has 1 fully saturated rings. The summed E-state index contributed by atoms with van der Waals surface area (Å²) in [6, 6.07) is 16.4. The van der Waals surface area contributed by atoms with Crippen LogP contribution in [-0.4, -0.2) is 40.0 Å². The molecule has 5 heteroatoms. The van der Waals surface area contributed by atoms with E-state index >= 15 is 0 Å². The number of carbonyl (C=O) groups excluding carboxylic acids is 1. The molecule has 1 saturated heterocycles. The van der Waals surface area contributed by atoms with E-state index in [9.17, 15) is 4.79 Å². The lowest BCUT2D eigenvalue weighted by atomic mass is 9.89. The fraction of sp³-hybridized carbons (Fsp3) is 0.346. The second kappa shape index (κ2) is 8.14. The summed E-state index contributed by atoms with van der Waals surface area (Å²) in [5, 5.41) is 0. The standard InChI is InChI=1S/C26H27N3O2/c1-17-7-5-9-19(13-17)22-15-27-18(2)28-25(22)21-10-6-12-29(16-21)26(30)24-14-20-8-3-4-11-23(20)31-24/h3-5,7-9,11,13,15,21,24H,6,10,12,14,16H2,1-2H3/t21-,24+/m0/s1. The molecule has 0 N–H and O–H groups in total. The van der Waals surface area contributed by atoms with Crippen molar-refractivity contribution in [1.82, 2.24) is 14.9 Å². The average molecular weight is 414 g/mol. The van der Waals surface area contributed by atoms with Crippen LogP contribution in [0.5, 0.6) is 5.75 Å². The molecule has 1 aromatic heterocycles. The number of amides is 1. The zero-order valence-corrected chi connectivity index (χ0v) is 18.0. The van der Waals surface area contributed by atoms with E-state index in [1.54, 1.807) is 0 Å².